The van der Waals surface area contributed by atoms with Crippen molar-refractivity contribution >= 4 is 0 Å². The minimum absolute atomic E-state index is 0.361. The van der Waals surface area contributed by atoms with Crippen molar-refractivity contribution in [1.29, 1.82) is 5.26 Å². The van der Waals surface area contributed by atoms with Gasteiger partial charge in [-0.1, -0.05) is 0 Å². The van der Waals surface area contributed by atoms with Gasteiger partial charge >= 0.3 is 0 Å². The van der Waals surface area contributed by atoms with Gasteiger partial charge in [0.25, 0.3) is 5.88 Å². The van der Waals surface area contributed by atoms with Crippen LogP contribution in [-0.2, 0) is 0 Å². The molecule has 0 bridgehead atoms. The van der Waals surface area contributed by atoms with Gasteiger partial charge in [-0.15, -0.1) is 5.10 Å². The molecule has 0 unspecified atom stereocenters. The molecule has 0 aliphatic heterocycles. The molecule has 4 nitrogen and oxygen atoms in total. The highest BCUT2D eigenvalue weighted by atomic mass is 16.5. The summed E-state index contributed by atoms with van der Waals surface area (Å²) in [5.41, 5.74) is 1.21. The fraction of sp³-hybridized carbons (Fsp3) is 0.333. The molecule has 0 aliphatic carbocycles. The number of nitrogens with one attached hydrogen (secondary N) is 1. The summed E-state index contributed by atoms with van der Waals surface area (Å²) in [5.74, 6) is 0.361. The molecule has 0 spiro atoms. The highest BCUT2D eigenvalue weighted by Crippen LogP contribution is 2.15. The second-order valence-corrected chi connectivity index (χ2v) is 1.84. The lowest BCUT2D eigenvalue weighted by molar-refractivity contribution is 0.396. The van der Waals surface area contributed by atoms with Gasteiger partial charge in [-0.2, -0.15) is 5.26 Å². The van der Waals surface area contributed by atoms with Crippen LogP contribution in [0.5, 0.6) is 5.88 Å². The number of aromatic nitrogens is 2. The number of nitriles is 1. The lowest BCUT2D eigenvalue weighted by Crippen LogP contribution is -1.84. The Balaban J connectivity index is 3.17. The number of aromatic amines is 1. The average Bonchev–Trinajstić information content (AvgIpc) is 2.30. The Kier molecular flexibility index (Phi) is 1.59. The maximum atomic E-state index is 8.53. The van der Waals surface area contributed by atoms with Gasteiger partial charge in [0, 0.05) is 0 Å². The molecule has 1 aromatic heterocycles. The van der Waals surface area contributed by atoms with Crippen LogP contribution in [0.1, 0.15) is 11.3 Å². The van der Waals surface area contributed by atoms with Gasteiger partial charge in [-0.25, -0.2) is 0 Å². The van der Waals surface area contributed by atoms with Crippen LogP contribution in [0.25, 0.3) is 0 Å². The first-order chi connectivity index (χ1) is 4.79. The van der Waals surface area contributed by atoms with E-state index in [0.717, 1.165) is 5.69 Å². The second-order valence-electron chi connectivity index (χ2n) is 1.84. The largest absolute Gasteiger partial charge is 0.479 e. The maximum Gasteiger partial charge on any atom is 0.250 e. The van der Waals surface area contributed by atoms with Crippen molar-refractivity contribution in [1.82, 2.24) is 10.2 Å². The summed E-state index contributed by atoms with van der Waals surface area (Å²) in [6, 6.07) is 1.98. The Morgan fingerprint density at radius 2 is 2.40 bits per heavy atom. The summed E-state index contributed by atoms with van der Waals surface area (Å²) < 4.78 is 4.79. The van der Waals surface area contributed by atoms with E-state index in [9.17, 15) is 0 Å². The summed E-state index contributed by atoms with van der Waals surface area (Å²) in [5, 5.41) is 14.9. The molecule has 0 aromatic carbocycles. The van der Waals surface area contributed by atoms with Crippen LogP contribution in [0.4, 0.5) is 0 Å². The normalized spacial score (nSPS) is 8.90. The third-order valence-corrected chi connectivity index (χ3v) is 1.22. The van der Waals surface area contributed by atoms with Crippen molar-refractivity contribution in [3.8, 4) is 11.9 Å². The van der Waals surface area contributed by atoms with Crippen LogP contribution in [0.15, 0.2) is 0 Å². The van der Waals surface area contributed by atoms with Gasteiger partial charge in [-0.3, -0.25) is 5.10 Å². The van der Waals surface area contributed by atoms with Gasteiger partial charge in [0.2, 0.25) is 0 Å². The predicted molar refractivity (Wildman–Crippen MR) is 34.6 cm³/mol. The SMILES string of the molecule is COc1n[nH]c(C)c1C#N. The van der Waals surface area contributed by atoms with Crippen molar-refractivity contribution in [3.05, 3.63) is 11.3 Å². The van der Waals surface area contributed by atoms with E-state index in [1.54, 1.807) is 6.92 Å². The quantitative estimate of drug-likeness (QED) is 0.616. The highest BCUT2D eigenvalue weighted by molar-refractivity contribution is 5.40. The Bertz CT molecular complexity index is 271. The minimum atomic E-state index is 0.361. The summed E-state index contributed by atoms with van der Waals surface area (Å²) in [4.78, 5) is 0. The van der Waals surface area contributed by atoms with E-state index in [-0.39, 0.29) is 0 Å². The van der Waals surface area contributed by atoms with Crippen LogP contribution in [0, 0.1) is 18.3 Å². The zero-order chi connectivity index (χ0) is 7.56. The number of methoxy groups -OCH3 is 1. The van der Waals surface area contributed by atoms with E-state index in [1.165, 1.54) is 7.11 Å². The number of ether oxygens (including phenoxy) is 1. The molecule has 4 heteroatoms. The smallest absolute Gasteiger partial charge is 0.250 e. The number of aryl methyl sites for hydroxylation is 1. The lowest BCUT2D eigenvalue weighted by Gasteiger charge is -1.89. The van der Waals surface area contributed by atoms with Crippen molar-refractivity contribution in [2.24, 2.45) is 0 Å². The molecule has 0 fully saturated rings. The Morgan fingerprint density at radius 3 is 2.80 bits per heavy atom. The van der Waals surface area contributed by atoms with Crippen LogP contribution in [0.3, 0.4) is 0 Å². The third kappa shape index (κ3) is 0.818. The number of rotatable bonds is 1. The van der Waals surface area contributed by atoms with E-state index in [1.807, 2.05) is 6.07 Å². The minimum Gasteiger partial charge on any atom is -0.479 e. The van der Waals surface area contributed by atoms with Crippen molar-refractivity contribution in [3.63, 3.8) is 0 Å². The van der Waals surface area contributed by atoms with E-state index in [2.05, 4.69) is 10.2 Å². The van der Waals surface area contributed by atoms with E-state index in [4.69, 9.17) is 10.00 Å². The zero-order valence-electron chi connectivity index (χ0n) is 5.80. The van der Waals surface area contributed by atoms with Crippen LogP contribution >= 0.6 is 0 Å². The van der Waals surface area contributed by atoms with Gasteiger partial charge in [0.05, 0.1) is 12.8 Å². The summed E-state index contributed by atoms with van der Waals surface area (Å²) >= 11 is 0. The first-order valence-corrected chi connectivity index (χ1v) is 2.78. The molecule has 1 rings (SSSR count). The lowest BCUT2D eigenvalue weighted by atomic mass is 10.3. The number of H-pyrrole nitrogens is 1. The fourth-order valence-electron chi connectivity index (χ4n) is 0.686. The number of hydrogen-bond donors (Lipinski definition) is 1. The van der Waals surface area contributed by atoms with Gasteiger partial charge < -0.3 is 4.74 Å². The molecular weight excluding hydrogens is 130 g/mol. The standard InChI is InChI=1S/C6H7N3O/c1-4-5(3-7)6(10-2)9-8-4/h1-2H3,(H,8,9). The van der Waals surface area contributed by atoms with Crippen molar-refractivity contribution in [2.45, 2.75) is 6.92 Å². The van der Waals surface area contributed by atoms with E-state index >= 15 is 0 Å². The first kappa shape index (κ1) is 6.62. The molecule has 1 heterocycles. The molecule has 1 N–H and O–H groups in total. The first-order valence-electron chi connectivity index (χ1n) is 2.78. The van der Waals surface area contributed by atoms with Gasteiger partial charge in [0.1, 0.15) is 11.6 Å². The molecule has 0 aliphatic rings. The topological polar surface area (TPSA) is 61.7 Å². The Hall–Kier alpha value is -1.50. The van der Waals surface area contributed by atoms with Crippen LogP contribution in [0.2, 0.25) is 0 Å². The molecule has 1 aromatic rings. The van der Waals surface area contributed by atoms with Crippen molar-refractivity contribution < 1.29 is 4.74 Å². The highest BCUT2D eigenvalue weighted by Gasteiger charge is 2.07. The number of nitrogens with zero attached hydrogens (tertiary/aromatic N) is 2. The molecule has 0 saturated heterocycles. The van der Waals surface area contributed by atoms with Crippen molar-refractivity contribution in [2.75, 3.05) is 7.11 Å². The molecular formula is C6H7N3O. The van der Waals surface area contributed by atoms with Crippen LogP contribution < -0.4 is 4.74 Å². The molecule has 0 radical (unpaired) electrons. The maximum absolute atomic E-state index is 8.53. The molecule has 52 valence electrons. The van der Waals surface area contributed by atoms with Gasteiger partial charge in [0.15, 0.2) is 0 Å². The molecule has 0 amide bonds. The predicted octanol–water partition coefficient (Wildman–Crippen LogP) is 0.598. The van der Waals surface area contributed by atoms with Gasteiger partial charge in [-0.05, 0) is 6.92 Å². The summed E-state index contributed by atoms with van der Waals surface area (Å²) in [6.45, 7) is 1.77. The molecule has 0 atom stereocenters. The van der Waals surface area contributed by atoms with E-state index < -0.39 is 0 Å². The zero-order valence-corrected chi connectivity index (χ0v) is 5.80. The summed E-state index contributed by atoms with van der Waals surface area (Å²) in [6.07, 6.45) is 0. The molecule has 10 heavy (non-hydrogen) atoms. The monoisotopic (exact) mass is 137 g/mol. The Morgan fingerprint density at radius 1 is 1.70 bits per heavy atom. The summed E-state index contributed by atoms with van der Waals surface area (Å²) in [7, 11) is 1.48. The average molecular weight is 137 g/mol. The fourth-order valence-corrected chi connectivity index (χ4v) is 0.686. The Labute approximate surface area is 58.4 Å². The molecule has 0 saturated carbocycles. The number of hydrogen-bond acceptors (Lipinski definition) is 3. The van der Waals surface area contributed by atoms with E-state index in [0.29, 0.717) is 11.4 Å². The third-order valence-electron chi connectivity index (χ3n) is 1.22. The second kappa shape index (κ2) is 2.40. The van der Waals surface area contributed by atoms with Crippen LogP contribution in [-0.4, -0.2) is 17.3 Å².